The second-order valence-corrected chi connectivity index (χ2v) is 3.77. The van der Waals surface area contributed by atoms with Crippen LogP contribution >= 0.6 is 0 Å². The number of carbonyl (C=O) groups is 1. The van der Waals surface area contributed by atoms with Crippen LogP contribution in [0.15, 0.2) is 23.3 Å². The molecule has 0 aliphatic rings. The third kappa shape index (κ3) is 3.65. The predicted octanol–water partition coefficient (Wildman–Crippen LogP) is 1.62. The van der Waals surface area contributed by atoms with Crippen LogP contribution in [0.5, 0.6) is 0 Å². The highest BCUT2D eigenvalue weighted by Gasteiger charge is 2.24. The van der Waals surface area contributed by atoms with Crippen LogP contribution in [0.3, 0.4) is 0 Å². The molecule has 8 heteroatoms. The molecule has 7 nitrogen and oxygen atoms in total. The molecule has 0 aliphatic carbocycles. The van der Waals surface area contributed by atoms with E-state index in [-0.39, 0.29) is 18.5 Å². The Bertz CT molecular complexity index is 517. The lowest BCUT2D eigenvalue weighted by molar-refractivity contribution is 0.0128. The zero-order chi connectivity index (χ0) is 14.4. The first kappa shape index (κ1) is 14.9. The summed E-state index contributed by atoms with van der Waals surface area (Å²) >= 11 is 0. The Morgan fingerprint density at radius 3 is 2.74 bits per heavy atom. The van der Waals surface area contributed by atoms with Gasteiger partial charge in [-0.3, -0.25) is 0 Å². The van der Waals surface area contributed by atoms with Gasteiger partial charge in [0.2, 0.25) is 0 Å². The third-order valence-corrected chi connectivity index (χ3v) is 2.53. The van der Waals surface area contributed by atoms with E-state index in [0.717, 1.165) is 6.07 Å². The van der Waals surface area contributed by atoms with Gasteiger partial charge in [0.1, 0.15) is 11.9 Å². The van der Waals surface area contributed by atoms with Gasteiger partial charge in [0.25, 0.3) is 0 Å². The number of aromatic carboxylic acids is 1. The van der Waals surface area contributed by atoms with Gasteiger partial charge in [0.15, 0.2) is 0 Å². The molecule has 0 aliphatic heterocycles. The molecule has 1 rings (SSSR count). The number of carboxylic acid groups (broad SMARTS) is 1. The van der Waals surface area contributed by atoms with E-state index in [9.17, 15) is 19.4 Å². The van der Waals surface area contributed by atoms with E-state index in [1.165, 1.54) is 12.1 Å². The van der Waals surface area contributed by atoms with Gasteiger partial charge in [-0.15, -0.1) is 0 Å². The molecule has 102 valence electrons. The van der Waals surface area contributed by atoms with Crippen LogP contribution < -0.4 is 0 Å². The summed E-state index contributed by atoms with van der Waals surface area (Å²) in [4.78, 5) is 13.2. The highest BCUT2D eigenvalue weighted by molar-refractivity contribution is 5.88. The lowest BCUT2D eigenvalue weighted by Crippen LogP contribution is -2.21. The number of hydrogen-bond acceptors (Lipinski definition) is 4. The van der Waals surface area contributed by atoms with Crippen LogP contribution in [0.25, 0.3) is 10.4 Å². The monoisotopic (exact) mass is 269 g/mol. The molecule has 0 amide bonds. The van der Waals surface area contributed by atoms with Crippen molar-refractivity contribution in [3.8, 4) is 0 Å². The highest BCUT2D eigenvalue weighted by atomic mass is 19.1. The SMILES string of the molecule is [N-]=[N+]=NCCC(O)C(O)c1cccc(C(=O)O)c1F. The number of aliphatic hydroxyl groups excluding tert-OH is 2. The van der Waals surface area contributed by atoms with Gasteiger partial charge in [-0.05, 0) is 18.0 Å². The minimum atomic E-state index is -1.59. The third-order valence-electron chi connectivity index (χ3n) is 2.53. The van der Waals surface area contributed by atoms with Gasteiger partial charge in [-0.25, -0.2) is 9.18 Å². The van der Waals surface area contributed by atoms with Crippen molar-refractivity contribution in [1.29, 1.82) is 0 Å². The molecule has 19 heavy (non-hydrogen) atoms. The highest BCUT2D eigenvalue weighted by Crippen LogP contribution is 2.24. The Morgan fingerprint density at radius 2 is 2.16 bits per heavy atom. The van der Waals surface area contributed by atoms with E-state index in [1.807, 2.05) is 0 Å². The van der Waals surface area contributed by atoms with Crippen molar-refractivity contribution in [2.45, 2.75) is 18.6 Å². The number of azide groups is 1. The van der Waals surface area contributed by atoms with E-state index in [4.69, 9.17) is 10.6 Å². The van der Waals surface area contributed by atoms with E-state index in [2.05, 4.69) is 10.0 Å². The molecule has 3 N–H and O–H groups in total. The zero-order valence-electron chi connectivity index (χ0n) is 9.77. The molecule has 0 aromatic heterocycles. The first-order chi connectivity index (χ1) is 8.99. The summed E-state index contributed by atoms with van der Waals surface area (Å²) in [6.07, 6.45) is -3.01. The summed E-state index contributed by atoms with van der Waals surface area (Å²) in [6.45, 7) is -0.0605. The average molecular weight is 269 g/mol. The summed E-state index contributed by atoms with van der Waals surface area (Å²) in [5.41, 5.74) is 7.17. The summed E-state index contributed by atoms with van der Waals surface area (Å²) in [5.74, 6) is -2.56. The molecule has 0 saturated heterocycles. The maximum Gasteiger partial charge on any atom is 0.338 e. The molecule has 1 aromatic carbocycles. The second-order valence-electron chi connectivity index (χ2n) is 3.77. The van der Waals surface area contributed by atoms with E-state index in [0.29, 0.717) is 0 Å². The second kappa shape index (κ2) is 6.69. The molecular weight excluding hydrogens is 257 g/mol. The van der Waals surface area contributed by atoms with Gasteiger partial charge < -0.3 is 15.3 Å². The number of carboxylic acids is 1. The van der Waals surface area contributed by atoms with Crippen LogP contribution in [0.2, 0.25) is 0 Å². The van der Waals surface area contributed by atoms with Crippen molar-refractivity contribution >= 4 is 5.97 Å². The fraction of sp³-hybridized carbons (Fsp3) is 0.364. The lowest BCUT2D eigenvalue weighted by atomic mass is 9.99. The van der Waals surface area contributed by atoms with Gasteiger partial charge in [0, 0.05) is 17.0 Å². The molecule has 1 aromatic rings. The zero-order valence-corrected chi connectivity index (χ0v) is 9.77. The van der Waals surface area contributed by atoms with Crippen molar-refractivity contribution in [2.24, 2.45) is 5.11 Å². The number of hydrogen-bond donors (Lipinski definition) is 3. The largest absolute Gasteiger partial charge is 0.478 e. The van der Waals surface area contributed by atoms with Crippen molar-refractivity contribution in [1.82, 2.24) is 0 Å². The maximum atomic E-state index is 13.8. The van der Waals surface area contributed by atoms with Gasteiger partial charge in [0.05, 0.1) is 11.7 Å². The minimum absolute atomic E-state index is 0.0605. The Balaban J connectivity index is 2.93. The number of aliphatic hydroxyl groups is 2. The normalized spacial score (nSPS) is 13.4. The van der Waals surface area contributed by atoms with E-state index in [1.54, 1.807) is 0 Å². The van der Waals surface area contributed by atoms with Crippen LogP contribution in [0.1, 0.15) is 28.4 Å². The Hall–Kier alpha value is -2.15. The fourth-order valence-corrected chi connectivity index (χ4v) is 1.54. The molecule has 0 radical (unpaired) electrons. The van der Waals surface area contributed by atoms with Gasteiger partial charge >= 0.3 is 5.97 Å². The van der Waals surface area contributed by atoms with E-state index < -0.39 is 29.6 Å². The number of benzene rings is 1. The molecular formula is C11H12FN3O4. The van der Waals surface area contributed by atoms with Crippen LogP contribution in [0.4, 0.5) is 4.39 Å². The average Bonchev–Trinajstić information content (AvgIpc) is 2.38. The number of rotatable bonds is 6. The van der Waals surface area contributed by atoms with E-state index >= 15 is 0 Å². The number of halogens is 1. The minimum Gasteiger partial charge on any atom is -0.478 e. The number of nitrogens with zero attached hydrogens (tertiary/aromatic N) is 3. The van der Waals surface area contributed by atoms with Crippen molar-refractivity contribution in [3.05, 3.63) is 45.6 Å². The summed E-state index contributed by atoms with van der Waals surface area (Å²) in [7, 11) is 0. The predicted molar refractivity (Wildman–Crippen MR) is 63.0 cm³/mol. The van der Waals surface area contributed by atoms with Crippen molar-refractivity contribution in [3.63, 3.8) is 0 Å². The first-order valence-corrected chi connectivity index (χ1v) is 5.37. The molecule has 0 saturated carbocycles. The van der Waals surface area contributed by atoms with Crippen LogP contribution in [0, 0.1) is 5.82 Å². The quantitative estimate of drug-likeness (QED) is 0.412. The summed E-state index contributed by atoms with van der Waals surface area (Å²) in [5, 5.41) is 31.3. The molecule has 0 heterocycles. The fourth-order valence-electron chi connectivity index (χ4n) is 1.54. The van der Waals surface area contributed by atoms with Crippen molar-refractivity contribution in [2.75, 3.05) is 6.54 Å². The Labute approximate surface area is 107 Å². The standard InChI is InChI=1S/C11H12FN3O4/c12-9-6(2-1-3-7(9)11(18)19)10(17)8(16)4-5-14-15-13/h1-3,8,10,16-17H,4-5H2,(H,18,19). The van der Waals surface area contributed by atoms with Gasteiger partial charge in [-0.2, -0.15) is 0 Å². The first-order valence-electron chi connectivity index (χ1n) is 5.37. The smallest absolute Gasteiger partial charge is 0.338 e. The molecule has 0 fully saturated rings. The van der Waals surface area contributed by atoms with Crippen molar-refractivity contribution < 1.29 is 24.5 Å². The van der Waals surface area contributed by atoms with Gasteiger partial charge in [-0.1, -0.05) is 17.2 Å². The Morgan fingerprint density at radius 1 is 1.47 bits per heavy atom. The molecule has 2 atom stereocenters. The van der Waals surface area contributed by atoms with Crippen LogP contribution in [-0.2, 0) is 0 Å². The molecule has 0 bridgehead atoms. The van der Waals surface area contributed by atoms with Crippen LogP contribution in [-0.4, -0.2) is 33.9 Å². The topological polar surface area (TPSA) is 127 Å². The Kier molecular flexibility index (Phi) is 5.25. The lowest BCUT2D eigenvalue weighted by Gasteiger charge is -2.18. The summed E-state index contributed by atoms with van der Waals surface area (Å²) < 4.78 is 13.8. The molecule has 2 unspecified atom stereocenters. The maximum absolute atomic E-state index is 13.8. The molecule has 0 spiro atoms. The summed E-state index contributed by atoms with van der Waals surface area (Å²) in [6, 6.07) is 3.51.